The first-order valence-corrected chi connectivity index (χ1v) is 4.80. The van der Waals surface area contributed by atoms with Gasteiger partial charge in [-0.2, -0.15) is 5.26 Å². The number of carbonyl (C=O) groups is 1. The van der Waals surface area contributed by atoms with Gasteiger partial charge in [0.25, 0.3) is 5.91 Å². The fourth-order valence-corrected chi connectivity index (χ4v) is 1.27. The average Bonchev–Trinajstić information content (AvgIpc) is 2.26. The Labute approximate surface area is 89.9 Å². The van der Waals surface area contributed by atoms with E-state index in [1.165, 1.54) is 4.90 Å². The van der Waals surface area contributed by atoms with Crippen molar-refractivity contribution in [1.82, 2.24) is 4.90 Å². The molecule has 0 bridgehead atoms. The Hall–Kier alpha value is -1.82. The first-order chi connectivity index (χ1) is 7.07. The summed E-state index contributed by atoms with van der Waals surface area (Å²) in [6.45, 7) is 3.59. The number of hydrogen-bond acceptors (Lipinski definition) is 2. The van der Waals surface area contributed by atoms with Gasteiger partial charge in [-0.3, -0.25) is 4.79 Å². The van der Waals surface area contributed by atoms with Gasteiger partial charge in [-0.15, -0.1) is 0 Å². The SMILES string of the molecule is Cc1ccccc1C(=O)N(C)C(C)C#N. The number of amides is 1. The number of aryl methyl sites for hydroxylation is 1. The summed E-state index contributed by atoms with van der Waals surface area (Å²) >= 11 is 0. The Bertz CT molecular complexity index is 406. The number of carbonyl (C=O) groups excluding carboxylic acids is 1. The molecule has 15 heavy (non-hydrogen) atoms. The summed E-state index contributed by atoms with van der Waals surface area (Å²) in [5, 5.41) is 8.73. The van der Waals surface area contributed by atoms with E-state index in [9.17, 15) is 4.79 Å². The first kappa shape index (κ1) is 11.3. The summed E-state index contributed by atoms with van der Waals surface area (Å²) in [5.74, 6) is -0.109. The molecule has 0 saturated carbocycles. The second-order valence-corrected chi connectivity index (χ2v) is 3.54. The van der Waals surface area contributed by atoms with Crippen LogP contribution in [0.1, 0.15) is 22.8 Å². The Balaban J connectivity index is 2.96. The third kappa shape index (κ3) is 2.35. The van der Waals surface area contributed by atoms with Crippen molar-refractivity contribution >= 4 is 5.91 Å². The molecule has 3 nitrogen and oxygen atoms in total. The van der Waals surface area contributed by atoms with Gasteiger partial charge in [-0.1, -0.05) is 18.2 Å². The van der Waals surface area contributed by atoms with Crippen LogP contribution in [0.3, 0.4) is 0 Å². The van der Waals surface area contributed by atoms with Crippen molar-refractivity contribution in [2.24, 2.45) is 0 Å². The Morgan fingerprint density at radius 2 is 2.07 bits per heavy atom. The van der Waals surface area contributed by atoms with E-state index in [1.54, 1.807) is 20.0 Å². The van der Waals surface area contributed by atoms with Gasteiger partial charge in [0.1, 0.15) is 6.04 Å². The summed E-state index contributed by atoms with van der Waals surface area (Å²) in [5.41, 5.74) is 1.58. The van der Waals surface area contributed by atoms with E-state index in [-0.39, 0.29) is 5.91 Å². The van der Waals surface area contributed by atoms with Crippen LogP contribution in [0, 0.1) is 18.3 Å². The highest BCUT2D eigenvalue weighted by atomic mass is 16.2. The van der Waals surface area contributed by atoms with E-state index in [0.717, 1.165) is 5.56 Å². The van der Waals surface area contributed by atoms with E-state index < -0.39 is 6.04 Å². The van der Waals surface area contributed by atoms with E-state index in [0.29, 0.717) is 5.56 Å². The lowest BCUT2D eigenvalue weighted by Gasteiger charge is -2.20. The quantitative estimate of drug-likeness (QED) is 0.736. The predicted octanol–water partition coefficient (Wildman–Crippen LogP) is 1.98. The zero-order valence-corrected chi connectivity index (χ0v) is 9.19. The monoisotopic (exact) mass is 202 g/mol. The largest absolute Gasteiger partial charge is 0.326 e. The van der Waals surface area contributed by atoms with Crippen LogP contribution in [0.25, 0.3) is 0 Å². The van der Waals surface area contributed by atoms with E-state index in [4.69, 9.17) is 5.26 Å². The van der Waals surface area contributed by atoms with Gasteiger partial charge >= 0.3 is 0 Å². The van der Waals surface area contributed by atoms with Crippen molar-refractivity contribution in [3.8, 4) is 6.07 Å². The summed E-state index contributed by atoms with van der Waals surface area (Å²) < 4.78 is 0. The van der Waals surface area contributed by atoms with E-state index >= 15 is 0 Å². The summed E-state index contributed by atoms with van der Waals surface area (Å²) in [4.78, 5) is 13.4. The van der Waals surface area contributed by atoms with E-state index in [2.05, 4.69) is 0 Å². The summed E-state index contributed by atoms with van der Waals surface area (Å²) in [7, 11) is 1.64. The van der Waals surface area contributed by atoms with Crippen LogP contribution in [-0.4, -0.2) is 23.9 Å². The van der Waals surface area contributed by atoms with Gasteiger partial charge in [0, 0.05) is 12.6 Å². The van der Waals surface area contributed by atoms with Crippen molar-refractivity contribution in [3.05, 3.63) is 35.4 Å². The van der Waals surface area contributed by atoms with Gasteiger partial charge in [0.15, 0.2) is 0 Å². The van der Waals surface area contributed by atoms with Crippen molar-refractivity contribution in [2.75, 3.05) is 7.05 Å². The van der Waals surface area contributed by atoms with E-state index in [1.807, 2.05) is 31.2 Å². The molecule has 0 N–H and O–H groups in total. The summed E-state index contributed by atoms with van der Waals surface area (Å²) in [6.07, 6.45) is 0. The molecule has 0 heterocycles. The molecule has 0 aliphatic heterocycles. The lowest BCUT2D eigenvalue weighted by Crippen LogP contribution is -2.34. The van der Waals surface area contributed by atoms with Crippen molar-refractivity contribution < 1.29 is 4.79 Å². The molecule has 0 saturated heterocycles. The fraction of sp³-hybridized carbons (Fsp3) is 0.333. The molecular formula is C12H14N2O. The second-order valence-electron chi connectivity index (χ2n) is 3.54. The molecule has 0 aliphatic carbocycles. The minimum atomic E-state index is -0.405. The number of nitrogens with zero attached hydrogens (tertiary/aromatic N) is 2. The Morgan fingerprint density at radius 1 is 1.47 bits per heavy atom. The Morgan fingerprint density at radius 3 is 2.60 bits per heavy atom. The third-order valence-electron chi connectivity index (χ3n) is 2.46. The minimum Gasteiger partial charge on any atom is -0.326 e. The molecule has 0 aliphatic rings. The maximum Gasteiger partial charge on any atom is 0.254 e. The molecule has 0 fully saturated rings. The van der Waals surface area contributed by atoms with Crippen LogP contribution < -0.4 is 0 Å². The lowest BCUT2D eigenvalue weighted by molar-refractivity contribution is 0.0772. The van der Waals surface area contributed by atoms with Crippen molar-refractivity contribution in [3.63, 3.8) is 0 Å². The lowest BCUT2D eigenvalue weighted by atomic mass is 10.1. The van der Waals surface area contributed by atoms with Crippen LogP contribution in [0.4, 0.5) is 0 Å². The van der Waals surface area contributed by atoms with Crippen LogP contribution in [-0.2, 0) is 0 Å². The molecule has 1 aromatic rings. The molecule has 0 radical (unpaired) electrons. The smallest absolute Gasteiger partial charge is 0.254 e. The van der Waals surface area contributed by atoms with Crippen LogP contribution in [0.5, 0.6) is 0 Å². The topological polar surface area (TPSA) is 44.1 Å². The molecule has 1 amide bonds. The van der Waals surface area contributed by atoms with Crippen LogP contribution in [0.15, 0.2) is 24.3 Å². The number of nitriles is 1. The molecule has 3 heteroatoms. The third-order valence-corrected chi connectivity index (χ3v) is 2.46. The van der Waals surface area contributed by atoms with Gasteiger partial charge in [0.05, 0.1) is 6.07 Å². The molecule has 1 rings (SSSR count). The number of rotatable bonds is 2. The minimum absolute atomic E-state index is 0.109. The fourth-order valence-electron chi connectivity index (χ4n) is 1.27. The molecule has 1 aromatic carbocycles. The molecule has 1 unspecified atom stereocenters. The highest BCUT2D eigenvalue weighted by Crippen LogP contribution is 2.11. The highest BCUT2D eigenvalue weighted by molar-refractivity contribution is 5.95. The second kappa shape index (κ2) is 4.61. The predicted molar refractivity (Wildman–Crippen MR) is 58.3 cm³/mol. The molecular weight excluding hydrogens is 188 g/mol. The summed E-state index contributed by atoms with van der Waals surface area (Å²) in [6, 6.07) is 9.01. The highest BCUT2D eigenvalue weighted by Gasteiger charge is 2.17. The van der Waals surface area contributed by atoms with Gasteiger partial charge in [0.2, 0.25) is 0 Å². The maximum atomic E-state index is 11.9. The molecule has 0 aromatic heterocycles. The molecule has 0 spiro atoms. The maximum absolute atomic E-state index is 11.9. The van der Waals surface area contributed by atoms with Crippen molar-refractivity contribution in [1.29, 1.82) is 5.26 Å². The zero-order chi connectivity index (χ0) is 11.4. The molecule has 1 atom stereocenters. The van der Waals surface area contributed by atoms with Gasteiger partial charge in [-0.05, 0) is 25.5 Å². The Kier molecular flexibility index (Phi) is 3.46. The first-order valence-electron chi connectivity index (χ1n) is 4.80. The standard InChI is InChI=1S/C12H14N2O/c1-9-6-4-5-7-11(9)12(15)14(3)10(2)8-13/h4-7,10H,1-3H3. The number of hydrogen-bond donors (Lipinski definition) is 0. The van der Waals surface area contributed by atoms with Crippen LogP contribution >= 0.6 is 0 Å². The van der Waals surface area contributed by atoms with Crippen LogP contribution in [0.2, 0.25) is 0 Å². The van der Waals surface area contributed by atoms with Gasteiger partial charge < -0.3 is 4.90 Å². The normalized spacial score (nSPS) is 11.6. The average molecular weight is 202 g/mol. The van der Waals surface area contributed by atoms with Gasteiger partial charge in [-0.25, -0.2) is 0 Å². The zero-order valence-electron chi connectivity index (χ0n) is 9.19. The molecule has 78 valence electrons. The number of benzene rings is 1. The van der Waals surface area contributed by atoms with Crippen molar-refractivity contribution in [2.45, 2.75) is 19.9 Å².